The third-order valence-electron chi connectivity index (χ3n) is 9.92. The summed E-state index contributed by atoms with van der Waals surface area (Å²) >= 11 is 5.59. The number of nitrogens with one attached hydrogen (secondary N) is 4. The van der Waals surface area contributed by atoms with Crippen LogP contribution in [0.4, 0.5) is 0 Å². The summed E-state index contributed by atoms with van der Waals surface area (Å²) in [5, 5.41) is 17.7. The van der Waals surface area contributed by atoms with Gasteiger partial charge in [-0.05, 0) is 99.0 Å². The maximum atomic E-state index is 12.5. The number of carbonyl (C=O) groups is 4. The lowest BCUT2D eigenvalue weighted by molar-refractivity contribution is -0.140. The molecule has 0 radical (unpaired) electrons. The monoisotopic (exact) mass is 875 g/mol. The summed E-state index contributed by atoms with van der Waals surface area (Å²) in [4.78, 5) is 50.5. The molecule has 2 aliphatic rings. The number of aliphatic hydroxyl groups is 1. The van der Waals surface area contributed by atoms with Crippen LogP contribution in [0.25, 0.3) is 0 Å². The number of ketones is 1. The minimum Gasteiger partial charge on any atom is -0.489 e. The number of halogens is 1. The lowest BCUT2D eigenvalue weighted by atomic mass is 9.96. The van der Waals surface area contributed by atoms with E-state index >= 15 is 0 Å². The zero-order chi connectivity index (χ0) is 44.2. The fourth-order valence-corrected chi connectivity index (χ4v) is 6.75. The van der Waals surface area contributed by atoms with Crippen LogP contribution in [0.1, 0.15) is 61.3 Å². The number of nitrogens with zero attached hydrogens (tertiary/aromatic N) is 1. The van der Waals surface area contributed by atoms with E-state index in [0.717, 1.165) is 28.4 Å². The number of piperidine rings is 1. The molecule has 14 heteroatoms. The molecule has 2 saturated heterocycles. The molecular formula is C47H62ClN5O7S. The summed E-state index contributed by atoms with van der Waals surface area (Å²) in [5.74, 6) is -0.612. The van der Waals surface area contributed by atoms with Gasteiger partial charge in [0.25, 0.3) is 5.91 Å². The van der Waals surface area contributed by atoms with E-state index in [1.165, 1.54) is 49.1 Å². The lowest BCUT2D eigenvalue weighted by Gasteiger charge is -2.23. The number of amides is 3. The SMILES string of the molecule is CCC1CCNCC1.CS(=O)NCC(=O)N1CCCC1C(=O)NCC(=O)C(=O)NCCc1ccc(OCc2ccccc2)cc1.Cc1ccccc1.OCc1ccc(Cl)cc1. The van der Waals surface area contributed by atoms with E-state index in [0.29, 0.717) is 37.4 Å². The van der Waals surface area contributed by atoms with Crippen molar-refractivity contribution in [2.45, 2.75) is 71.6 Å². The number of likely N-dealkylation sites (tertiary alicyclic amines) is 1. The maximum absolute atomic E-state index is 12.5. The number of benzene rings is 4. The second-order valence-electron chi connectivity index (χ2n) is 14.6. The van der Waals surface area contributed by atoms with Gasteiger partial charge in [-0.1, -0.05) is 115 Å². The highest BCUT2D eigenvalue weighted by molar-refractivity contribution is 7.82. The number of aliphatic hydroxyl groups excluding tert-OH is 1. The highest BCUT2D eigenvalue weighted by atomic mass is 35.5. The first kappa shape index (κ1) is 50.4. The summed E-state index contributed by atoms with van der Waals surface area (Å²) in [7, 11) is -1.34. The molecule has 0 saturated carbocycles. The van der Waals surface area contributed by atoms with Gasteiger partial charge in [-0.3, -0.25) is 19.2 Å². The summed E-state index contributed by atoms with van der Waals surface area (Å²) in [6, 6.07) is 34.0. The highest BCUT2D eigenvalue weighted by Crippen LogP contribution is 2.18. The van der Waals surface area contributed by atoms with Crippen LogP contribution in [0, 0.1) is 12.8 Å². The fraction of sp³-hybridized carbons (Fsp3) is 0.404. The van der Waals surface area contributed by atoms with E-state index in [1.54, 1.807) is 24.3 Å². The van der Waals surface area contributed by atoms with E-state index in [2.05, 4.69) is 46.7 Å². The molecule has 2 fully saturated rings. The third kappa shape index (κ3) is 20.9. The van der Waals surface area contributed by atoms with E-state index in [9.17, 15) is 23.4 Å². The van der Waals surface area contributed by atoms with Gasteiger partial charge < -0.3 is 30.7 Å². The lowest BCUT2D eigenvalue weighted by Crippen LogP contribution is -2.50. The van der Waals surface area contributed by atoms with Gasteiger partial charge in [-0.15, -0.1) is 0 Å². The van der Waals surface area contributed by atoms with Crippen molar-refractivity contribution in [3.05, 3.63) is 136 Å². The van der Waals surface area contributed by atoms with Gasteiger partial charge in [0.05, 0.1) is 30.7 Å². The van der Waals surface area contributed by atoms with E-state index in [1.807, 2.05) is 72.8 Å². The van der Waals surface area contributed by atoms with Gasteiger partial charge in [-0.25, -0.2) is 8.93 Å². The number of hydrogen-bond donors (Lipinski definition) is 5. The Balaban J connectivity index is 0.000000327. The third-order valence-corrected chi connectivity index (χ3v) is 10.7. The van der Waals surface area contributed by atoms with E-state index in [-0.39, 0.29) is 25.6 Å². The first-order valence-electron chi connectivity index (χ1n) is 20.8. The predicted octanol–water partition coefficient (Wildman–Crippen LogP) is 5.71. The Morgan fingerprint density at radius 1 is 0.820 bits per heavy atom. The fourth-order valence-electron chi connectivity index (χ4n) is 6.29. The molecule has 6 rings (SSSR count). The first-order chi connectivity index (χ1) is 29.5. The maximum Gasteiger partial charge on any atom is 0.289 e. The highest BCUT2D eigenvalue weighted by Gasteiger charge is 2.34. The molecule has 2 heterocycles. The number of carbonyl (C=O) groups excluding carboxylic acids is 4. The predicted molar refractivity (Wildman–Crippen MR) is 243 cm³/mol. The Morgan fingerprint density at radius 3 is 2.00 bits per heavy atom. The van der Waals surface area contributed by atoms with Crippen LogP contribution >= 0.6 is 11.6 Å². The molecule has 12 nitrogen and oxygen atoms in total. The summed E-state index contributed by atoms with van der Waals surface area (Å²) in [6.45, 7) is 7.50. The van der Waals surface area contributed by atoms with Crippen molar-refractivity contribution in [1.82, 2.24) is 25.6 Å². The minimum atomic E-state index is -1.34. The van der Waals surface area contributed by atoms with E-state index in [4.69, 9.17) is 21.4 Å². The molecule has 2 aliphatic heterocycles. The van der Waals surface area contributed by atoms with Gasteiger partial charge in [-0.2, -0.15) is 0 Å². The summed E-state index contributed by atoms with van der Waals surface area (Å²) in [5.41, 5.74) is 4.26. The largest absolute Gasteiger partial charge is 0.489 e. The number of aryl methyl sites for hydroxylation is 1. The second kappa shape index (κ2) is 29.4. The topological polar surface area (TPSA) is 166 Å². The molecule has 0 aromatic heterocycles. The van der Waals surface area contributed by atoms with Crippen LogP contribution in [0.5, 0.6) is 5.75 Å². The first-order valence-corrected chi connectivity index (χ1v) is 22.7. The Morgan fingerprint density at radius 2 is 1.44 bits per heavy atom. The Bertz CT molecular complexity index is 1900. The van der Waals surface area contributed by atoms with Crippen molar-refractivity contribution in [2.24, 2.45) is 5.92 Å². The number of hydrogen-bond acceptors (Lipinski definition) is 8. The molecule has 0 aliphatic carbocycles. The quantitative estimate of drug-likeness (QED) is 0.0949. The zero-order valence-corrected chi connectivity index (χ0v) is 37.1. The molecule has 5 N–H and O–H groups in total. The number of Topliss-reactive ketones (excluding diaryl/α,β-unsaturated/α-hetero) is 1. The minimum absolute atomic E-state index is 0.0805. The average Bonchev–Trinajstić information content (AvgIpc) is 3.79. The molecule has 2 unspecified atom stereocenters. The number of rotatable bonds is 15. The molecule has 3 amide bonds. The van der Waals surface area contributed by atoms with Gasteiger partial charge in [0, 0.05) is 24.4 Å². The van der Waals surface area contributed by atoms with Crippen LogP contribution in [0.3, 0.4) is 0 Å². The van der Waals surface area contributed by atoms with Gasteiger partial charge in [0.2, 0.25) is 17.6 Å². The molecule has 0 spiro atoms. The van der Waals surface area contributed by atoms with E-state index < -0.39 is 41.2 Å². The standard InChI is InChI=1S/C26H32N4O6S.C7H7ClO.C7H15N.C7H8/c1-37(35)29-17-24(32)30-15-5-8-22(30)25(33)28-16-23(31)26(34)27-14-13-19-9-11-21(12-10-19)36-18-20-6-3-2-4-7-20;8-7-3-1-6(5-9)2-4-7;1-2-7-3-5-8-6-4-7;1-7-5-3-2-4-6-7/h2-4,6-7,9-12,22,29H,5,8,13-18H2,1H3,(H,27,34)(H,28,33);1-4,9H,5H2;7-8H,2-6H2,1H3;2-6H,1H3. The van der Waals surface area contributed by atoms with Crippen molar-refractivity contribution in [3.8, 4) is 5.75 Å². The molecule has 4 aromatic carbocycles. The van der Waals surface area contributed by atoms with Gasteiger partial charge in [0.1, 0.15) is 18.4 Å². The van der Waals surface area contributed by atoms with Crippen LogP contribution < -0.4 is 25.4 Å². The Labute approximate surface area is 368 Å². The Kier molecular flexibility index (Phi) is 24.3. The molecule has 0 bridgehead atoms. The Hall–Kier alpha value is -4.92. The van der Waals surface area contributed by atoms with Crippen molar-refractivity contribution in [2.75, 3.05) is 45.5 Å². The van der Waals surface area contributed by atoms with Gasteiger partial charge >= 0.3 is 0 Å². The van der Waals surface area contributed by atoms with Crippen LogP contribution in [0.15, 0.2) is 109 Å². The molecule has 330 valence electrons. The average molecular weight is 877 g/mol. The van der Waals surface area contributed by atoms with Crippen molar-refractivity contribution in [3.63, 3.8) is 0 Å². The van der Waals surface area contributed by atoms with Crippen molar-refractivity contribution in [1.29, 1.82) is 0 Å². The molecule has 4 aromatic rings. The zero-order valence-electron chi connectivity index (χ0n) is 35.6. The van der Waals surface area contributed by atoms with Crippen LogP contribution in [-0.2, 0) is 49.8 Å². The second-order valence-corrected chi connectivity index (χ2v) is 16.3. The van der Waals surface area contributed by atoms with Crippen molar-refractivity contribution >= 4 is 46.1 Å². The van der Waals surface area contributed by atoms with Gasteiger partial charge in [0.15, 0.2) is 0 Å². The summed E-state index contributed by atoms with van der Waals surface area (Å²) in [6.07, 6.45) is 7.22. The molecule has 2 atom stereocenters. The smallest absolute Gasteiger partial charge is 0.289 e. The summed E-state index contributed by atoms with van der Waals surface area (Å²) < 4.78 is 19.4. The molecule has 61 heavy (non-hydrogen) atoms. The normalized spacial score (nSPS) is 15.0. The van der Waals surface area contributed by atoms with Crippen LogP contribution in [-0.4, -0.2) is 89.3 Å². The molecular weight excluding hydrogens is 814 g/mol. The van der Waals surface area contributed by atoms with Crippen molar-refractivity contribution < 1.29 is 33.2 Å². The van der Waals surface area contributed by atoms with Crippen LogP contribution in [0.2, 0.25) is 5.02 Å². The number of ether oxygens (including phenoxy) is 1.